The van der Waals surface area contributed by atoms with E-state index in [1.165, 1.54) is 10.1 Å². The first-order valence-electron chi connectivity index (χ1n) is 8.11. The number of benzene rings is 1. The van der Waals surface area contributed by atoms with Gasteiger partial charge in [0.15, 0.2) is 0 Å². The molecule has 7 heteroatoms. The second-order valence-corrected chi connectivity index (χ2v) is 6.64. The van der Waals surface area contributed by atoms with Crippen molar-refractivity contribution >= 4 is 23.1 Å². The number of hydrogen-bond acceptors (Lipinski definition) is 4. The van der Waals surface area contributed by atoms with Gasteiger partial charge in [0, 0.05) is 17.1 Å². The second-order valence-electron chi connectivity index (χ2n) is 5.82. The third-order valence-corrected chi connectivity index (χ3v) is 4.91. The van der Waals surface area contributed by atoms with Crippen molar-refractivity contribution in [3.8, 4) is 0 Å². The Morgan fingerprint density at radius 3 is 2.56 bits per heavy atom. The maximum Gasteiger partial charge on any atom is 0.307 e. The van der Waals surface area contributed by atoms with Crippen molar-refractivity contribution in [2.45, 2.75) is 33.4 Å². The Morgan fingerprint density at radius 2 is 1.92 bits per heavy atom. The Labute approximate surface area is 149 Å². The van der Waals surface area contributed by atoms with Gasteiger partial charge in [-0.15, -0.1) is 0 Å². The van der Waals surface area contributed by atoms with E-state index in [0.717, 1.165) is 29.0 Å². The SMILES string of the molecule is CCc1ccc(Cn2nccc2NC(=O)Cn2c(C)csc2=O)cc1. The summed E-state index contributed by atoms with van der Waals surface area (Å²) in [6.45, 7) is 4.51. The highest BCUT2D eigenvalue weighted by Crippen LogP contribution is 2.12. The van der Waals surface area contributed by atoms with Gasteiger partial charge in [0.2, 0.25) is 5.91 Å². The molecule has 0 unspecified atom stereocenters. The van der Waals surface area contributed by atoms with E-state index in [0.29, 0.717) is 12.4 Å². The molecule has 3 rings (SSSR count). The van der Waals surface area contributed by atoms with Crippen LogP contribution >= 0.6 is 11.3 Å². The summed E-state index contributed by atoms with van der Waals surface area (Å²) in [5, 5.41) is 8.86. The Bertz CT molecular complexity index is 921. The van der Waals surface area contributed by atoms with Crippen molar-refractivity contribution in [2.24, 2.45) is 0 Å². The lowest BCUT2D eigenvalue weighted by Gasteiger charge is -2.10. The van der Waals surface area contributed by atoms with Crippen LogP contribution in [0.1, 0.15) is 23.7 Å². The van der Waals surface area contributed by atoms with Gasteiger partial charge in [0.25, 0.3) is 0 Å². The van der Waals surface area contributed by atoms with Gasteiger partial charge in [-0.3, -0.25) is 14.2 Å². The number of rotatable bonds is 6. The molecule has 0 aliphatic heterocycles. The summed E-state index contributed by atoms with van der Waals surface area (Å²) in [4.78, 5) is 23.9. The number of thiazole rings is 1. The molecule has 0 spiro atoms. The smallest absolute Gasteiger partial charge is 0.307 e. The molecule has 130 valence electrons. The van der Waals surface area contributed by atoms with Gasteiger partial charge in [-0.2, -0.15) is 5.10 Å². The number of aryl methyl sites for hydroxylation is 2. The molecule has 0 atom stereocenters. The Morgan fingerprint density at radius 1 is 1.20 bits per heavy atom. The van der Waals surface area contributed by atoms with E-state index in [1.807, 2.05) is 6.92 Å². The van der Waals surface area contributed by atoms with Crippen molar-refractivity contribution < 1.29 is 4.79 Å². The number of nitrogens with zero attached hydrogens (tertiary/aromatic N) is 3. The summed E-state index contributed by atoms with van der Waals surface area (Å²) >= 11 is 1.10. The summed E-state index contributed by atoms with van der Waals surface area (Å²) in [6, 6.07) is 10.1. The van der Waals surface area contributed by atoms with Gasteiger partial charge in [0.1, 0.15) is 12.4 Å². The van der Waals surface area contributed by atoms with Crippen LogP contribution in [0.2, 0.25) is 0 Å². The van der Waals surface area contributed by atoms with Crippen LogP contribution in [0, 0.1) is 6.92 Å². The zero-order chi connectivity index (χ0) is 17.8. The fourth-order valence-electron chi connectivity index (χ4n) is 2.54. The summed E-state index contributed by atoms with van der Waals surface area (Å²) in [6.07, 6.45) is 2.66. The molecule has 0 aliphatic carbocycles. The number of anilines is 1. The van der Waals surface area contributed by atoms with Crippen LogP contribution in [0.25, 0.3) is 0 Å². The van der Waals surface area contributed by atoms with Crippen LogP contribution in [0.5, 0.6) is 0 Å². The van der Waals surface area contributed by atoms with Crippen molar-refractivity contribution in [3.63, 3.8) is 0 Å². The normalized spacial score (nSPS) is 10.8. The summed E-state index contributed by atoms with van der Waals surface area (Å²) in [7, 11) is 0. The van der Waals surface area contributed by atoms with Crippen LogP contribution < -0.4 is 10.2 Å². The highest BCUT2D eigenvalue weighted by Gasteiger charge is 2.11. The fraction of sp³-hybridized carbons (Fsp3) is 0.278. The monoisotopic (exact) mass is 356 g/mol. The molecule has 0 saturated carbocycles. The molecule has 6 nitrogen and oxygen atoms in total. The first-order valence-corrected chi connectivity index (χ1v) is 8.99. The largest absolute Gasteiger partial charge is 0.309 e. The van der Waals surface area contributed by atoms with E-state index in [-0.39, 0.29) is 17.3 Å². The molecule has 0 fully saturated rings. The average Bonchev–Trinajstić information content (AvgIpc) is 3.17. The van der Waals surface area contributed by atoms with Crippen LogP contribution in [0.3, 0.4) is 0 Å². The number of hydrogen-bond donors (Lipinski definition) is 1. The first-order chi connectivity index (χ1) is 12.1. The molecule has 0 aliphatic rings. The zero-order valence-electron chi connectivity index (χ0n) is 14.2. The van der Waals surface area contributed by atoms with Crippen LogP contribution in [0.4, 0.5) is 5.82 Å². The van der Waals surface area contributed by atoms with Crippen LogP contribution in [0.15, 0.2) is 46.7 Å². The summed E-state index contributed by atoms with van der Waals surface area (Å²) < 4.78 is 3.20. The molecular formula is C18H20N4O2S. The van der Waals surface area contributed by atoms with Crippen LogP contribution in [-0.2, 0) is 24.3 Å². The number of carbonyl (C=O) groups is 1. The van der Waals surface area contributed by atoms with Gasteiger partial charge in [-0.1, -0.05) is 42.5 Å². The summed E-state index contributed by atoms with van der Waals surface area (Å²) in [5.74, 6) is 0.372. The second kappa shape index (κ2) is 7.48. The highest BCUT2D eigenvalue weighted by molar-refractivity contribution is 7.07. The standard InChI is InChI=1S/C18H20N4O2S/c1-3-14-4-6-15(7-5-14)10-22-16(8-9-19-22)20-17(23)11-21-13(2)12-25-18(21)24/h4-9,12H,3,10-11H2,1-2H3,(H,20,23). The average molecular weight is 356 g/mol. The molecular weight excluding hydrogens is 336 g/mol. The topological polar surface area (TPSA) is 68.9 Å². The van der Waals surface area contributed by atoms with Gasteiger partial charge >= 0.3 is 4.87 Å². The quantitative estimate of drug-likeness (QED) is 0.738. The van der Waals surface area contributed by atoms with Gasteiger partial charge in [0.05, 0.1) is 12.7 Å². The van der Waals surface area contributed by atoms with Crippen molar-refractivity contribution in [3.05, 3.63) is 68.4 Å². The molecule has 25 heavy (non-hydrogen) atoms. The first kappa shape index (κ1) is 17.2. The fourth-order valence-corrected chi connectivity index (χ4v) is 3.27. The van der Waals surface area contributed by atoms with E-state index in [9.17, 15) is 9.59 Å². The predicted octanol–water partition coefficient (Wildman–Crippen LogP) is 2.66. The molecule has 0 saturated heterocycles. The number of amides is 1. The Hall–Kier alpha value is -2.67. The van der Waals surface area contributed by atoms with Crippen molar-refractivity contribution in [1.29, 1.82) is 0 Å². The van der Waals surface area contributed by atoms with E-state index < -0.39 is 0 Å². The molecule has 0 bridgehead atoms. The lowest BCUT2D eigenvalue weighted by molar-refractivity contribution is -0.116. The van der Waals surface area contributed by atoms with Gasteiger partial charge < -0.3 is 5.32 Å². The highest BCUT2D eigenvalue weighted by atomic mass is 32.1. The van der Waals surface area contributed by atoms with E-state index in [4.69, 9.17) is 0 Å². The third kappa shape index (κ3) is 4.06. The number of aromatic nitrogens is 3. The van der Waals surface area contributed by atoms with Gasteiger partial charge in [-0.05, 0) is 24.5 Å². The molecule has 1 N–H and O–H groups in total. The van der Waals surface area contributed by atoms with E-state index >= 15 is 0 Å². The number of nitrogens with one attached hydrogen (secondary N) is 1. The molecule has 2 aromatic heterocycles. The minimum Gasteiger partial charge on any atom is -0.309 e. The van der Waals surface area contributed by atoms with E-state index in [2.05, 4.69) is 41.6 Å². The van der Waals surface area contributed by atoms with Crippen LogP contribution in [-0.4, -0.2) is 20.3 Å². The predicted molar refractivity (Wildman–Crippen MR) is 99.1 cm³/mol. The molecule has 3 aromatic rings. The van der Waals surface area contributed by atoms with Gasteiger partial charge in [-0.25, -0.2) is 4.68 Å². The molecule has 1 aromatic carbocycles. The lowest BCUT2D eigenvalue weighted by atomic mass is 10.1. The van der Waals surface area contributed by atoms with Crippen molar-refractivity contribution in [1.82, 2.24) is 14.3 Å². The minimum atomic E-state index is -0.244. The summed E-state index contributed by atoms with van der Waals surface area (Å²) in [5.41, 5.74) is 3.19. The number of carbonyl (C=O) groups excluding carboxylic acids is 1. The Kier molecular flexibility index (Phi) is 5.14. The molecule has 1 amide bonds. The minimum absolute atomic E-state index is 0.00451. The zero-order valence-corrected chi connectivity index (χ0v) is 15.0. The molecule has 0 radical (unpaired) electrons. The van der Waals surface area contributed by atoms with E-state index in [1.54, 1.807) is 22.3 Å². The third-order valence-electron chi connectivity index (χ3n) is 4.03. The lowest BCUT2D eigenvalue weighted by Crippen LogP contribution is -2.26. The molecule has 2 heterocycles. The Balaban J connectivity index is 1.68. The maximum absolute atomic E-state index is 12.3. The maximum atomic E-state index is 12.3. The van der Waals surface area contributed by atoms with Crippen molar-refractivity contribution in [2.75, 3.05) is 5.32 Å².